The number of carbonyl (C=O) groups excluding carboxylic acids is 1. The van der Waals surface area contributed by atoms with Crippen LogP contribution in [0.3, 0.4) is 0 Å². The van der Waals surface area contributed by atoms with E-state index in [4.69, 9.17) is 5.73 Å². The van der Waals surface area contributed by atoms with Crippen molar-refractivity contribution in [3.05, 3.63) is 50.2 Å². The van der Waals surface area contributed by atoms with Gasteiger partial charge in [0, 0.05) is 24.8 Å². The maximum Gasteiger partial charge on any atom is 0.330 e. The highest BCUT2D eigenvalue weighted by molar-refractivity contribution is 5.99. The molecule has 1 aliphatic rings. The zero-order valence-corrected chi connectivity index (χ0v) is 20.3. The van der Waals surface area contributed by atoms with Crippen molar-refractivity contribution in [3.8, 4) is 0 Å². The van der Waals surface area contributed by atoms with E-state index in [2.05, 4.69) is 11.1 Å². The molecular formula is C25H37N5O3. The van der Waals surface area contributed by atoms with Gasteiger partial charge < -0.3 is 10.6 Å². The summed E-state index contributed by atoms with van der Waals surface area (Å²) >= 11 is 0. The molecule has 3 rings (SSSR count). The Morgan fingerprint density at radius 2 is 1.88 bits per heavy atom. The van der Waals surface area contributed by atoms with E-state index in [1.165, 1.54) is 10.1 Å². The lowest BCUT2D eigenvalue weighted by atomic mass is 10.1. The number of H-pyrrole nitrogens is 1. The molecule has 0 unspecified atom stereocenters. The first kappa shape index (κ1) is 24.6. The largest absolute Gasteiger partial charge is 0.383 e. The molecule has 1 heterocycles. The van der Waals surface area contributed by atoms with Gasteiger partial charge in [-0.3, -0.25) is 24.0 Å². The number of rotatable bonds is 9. The van der Waals surface area contributed by atoms with Crippen molar-refractivity contribution in [1.29, 1.82) is 0 Å². The van der Waals surface area contributed by atoms with E-state index in [0.29, 0.717) is 13.1 Å². The molecular weight excluding hydrogens is 418 g/mol. The van der Waals surface area contributed by atoms with Gasteiger partial charge in [-0.1, -0.05) is 43.9 Å². The zero-order valence-electron chi connectivity index (χ0n) is 20.3. The number of amides is 1. The Balaban J connectivity index is 2.02. The highest BCUT2D eigenvalue weighted by Gasteiger charge is 2.33. The molecule has 0 atom stereocenters. The molecule has 33 heavy (non-hydrogen) atoms. The number of aryl methyl sites for hydroxylation is 2. The van der Waals surface area contributed by atoms with Crippen LogP contribution in [0.1, 0.15) is 63.5 Å². The predicted octanol–water partition coefficient (Wildman–Crippen LogP) is 3.34. The average Bonchev–Trinajstić information content (AvgIpc) is 3.29. The molecule has 0 aliphatic heterocycles. The summed E-state index contributed by atoms with van der Waals surface area (Å²) in [4.78, 5) is 45.1. The summed E-state index contributed by atoms with van der Waals surface area (Å²) in [6.45, 7) is 9.30. The number of hydrogen-bond donors (Lipinski definition) is 2. The summed E-state index contributed by atoms with van der Waals surface area (Å²) in [5, 5.41) is 0. The number of anilines is 3. The number of nitrogens with zero attached hydrogens (tertiary/aromatic N) is 3. The van der Waals surface area contributed by atoms with Gasteiger partial charge in [-0.25, -0.2) is 4.79 Å². The van der Waals surface area contributed by atoms with E-state index in [1.54, 1.807) is 4.90 Å². The summed E-state index contributed by atoms with van der Waals surface area (Å²) in [5.74, 6) is -0.103. The van der Waals surface area contributed by atoms with Gasteiger partial charge >= 0.3 is 5.69 Å². The average molecular weight is 456 g/mol. The Hall–Kier alpha value is -3.03. The molecule has 1 aliphatic carbocycles. The summed E-state index contributed by atoms with van der Waals surface area (Å²) < 4.78 is 1.39. The number of aromatic amines is 1. The van der Waals surface area contributed by atoms with Crippen LogP contribution in [-0.4, -0.2) is 34.6 Å². The van der Waals surface area contributed by atoms with Crippen molar-refractivity contribution >= 4 is 23.1 Å². The van der Waals surface area contributed by atoms with Crippen LogP contribution in [0.2, 0.25) is 0 Å². The van der Waals surface area contributed by atoms with Crippen molar-refractivity contribution in [3.63, 3.8) is 0 Å². The fourth-order valence-electron chi connectivity index (χ4n) is 4.79. The number of likely N-dealkylation sites (N-methyl/N-ethyl adjacent to an activating group) is 1. The van der Waals surface area contributed by atoms with Crippen molar-refractivity contribution in [2.75, 3.05) is 28.6 Å². The van der Waals surface area contributed by atoms with Gasteiger partial charge in [0.25, 0.3) is 5.56 Å². The zero-order chi connectivity index (χ0) is 24.1. The molecule has 8 nitrogen and oxygen atoms in total. The molecule has 2 aromatic rings. The van der Waals surface area contributed by atoms with Gasteiger partial charge in [0.2, 0.25) is 5.91 Å². The molecule has 1 fully saturated rings. The number of nitrogens with two attached hydrogens (primary N) is 1. The Bertz CT molecular complexity index is 1100. The van der Waals surface area contributed by atoms with Crippen molar-refractivity contribution in [2.24, 2.45) is 0 Å². The third kappa shape index (κ3) is 5.31. The molecule has 1 saturated carbocycles. The van der Waals surface area contributed by atoms with Crippen molar-refractivity contribution in [2.45, 2.75) is 78.8 Å². The van der Waals surface area contributed by atoms with Crippen LogP contribution in [0.25, 0.3) is 0 Å². The van der Waals surface area contributed by atoms with E-state index in [1.807, 2.05) is 44.7 Å². The molecule has 3 N–H and O–H groups in total. The fourth-order valence-corrected chi connectivity index (χ4v) is 4.79. The van der Waals surface area contributed by atoms with Crippen LogP contribution in [0.5, 0.6) is 0 Å². The van der Waals surface area contributed by atoms with Gasteiger partial charge in [0.15, 0.2) is 5.69 Å². The topological polar surface area (TPSA) is 104 Å². The quantitative estimate of drug-likeness (QED) is 0.603. The number of benzene rings is 1. The highest BCUT2D eigenvalue weighted by atomic mass is 16.2. The second kappa shape index (κ2) is 10.7. The minimum Gasteiger partial charge on any atom is -0.383 e. The SMILES string of the molecule is CCCCn1c(N)c(N(C(=O)CN(CC)c2ccc(C)cc2C)C2CCCC2)c(=O)[nH]c1=O. The Morgan fingerprint density at radius 3 is 2.48 bits per heavy atom. The summed E-state index contributed by atoms with van der Waals surface area (Å²) in [6.07, 6.45) is 5.26. The first-order valence-corrected chi connectivity index (χ1v) is 12.0. The normalized spacial score (nSPS) is 13.9. The minimum absolute atomic E-state index is 0.0759. The van der Waals surface area contributed by atoms with Gasteiger partial charge in [-0.05, 0) is 51.7 Å². The molecule has 0 spiro atoms. The molecule has 1 amide bonds. The Morgan fingerprint density at radius 1 is 1.18 bits per heavy atom. The Kier molecular flexibility index (Phi) is 8.00. The van der Waals surface area contributed by atoms with Gasteiger partial charge in [-0.15, -0.1) is 0 Å². The van der Waals surface area contributed by atoms with Crippen LogP contribution in [0.4, 0.5) is 17.2 Å². The van der Waals surface area contributed by atoms with Crippen LogP contribution < -0.4 is 26.8 Å². The minimum atomic E-state index is -0.597. The van der Waals surface area contributed by atoms with Gasteiger partial charge in [0.1, 0.15) is 5.82 Å². The van der Waals surface area contributed by atoms with Crippen LogP contribution in [0.15, 0.2) is 27.8 Å². The number of hydrogen-bond acceptors (Lipinski definition) is 5. The van der Waals surface area contributed by atoms with Crippen molar-refractivity contribution in [1.82, 2.24) is 9.55 Å². The lowest BCUT2D eigenvalue weighted by Gasteiger charge is -2.33. The number of nitrogen functional groups attached to an aromatic ring is 1. The van der Waals surface area contributed by atoms with E-state index in [-0.39, 0.29) is 30.0 Å². The van der Waals surface area contributed by atoms with E-state index in [9.17, 15) is 14.4 Å². The Labute approximate surface area is 195 Å². The lowest BCUT2D eigenvalue weighted by Crippen LogP contribution is -2.49. The molecule has 8 heteroatoms. The first-order valence-electron chi connectivity index (χ1n) is 12.0. The number of aromatic nitrogens is 2. The van der Waals surface area contributed by atoms with E-state index >= 15 is 0 Å². The summed E-state index contributed by atoms with van der Waals surface area (Å²) in [7, 11) is 0. The lowest BCUT2D eigenvalue weighted by molar-refractivity contribution is -0.117. The summed E-state index contributed by atoms with van der Waals surface area (Å²) in [6, 6.07) is 6.07. The number of carbonyl (C=O) groups is 1. The maximum atomic E-state index is 13.8. The molecule has 1 aromatic carbocycles. The molecule has 180 valence electrons. The molecule has 1 aromatic heterocycles. The van der Waals surface area contributed by atoms with Crippen LogP contribution >= 0.6 is 0 Å². The fraction of sp³-hybridized carbons (Fsp3) is 0.560. The van der Waals surface area contributed by atoms with Crippen LogP contribution in [-0.2, 0) is 11.3 Å². The predicted molar refractivity (Wildman–Crippen MR) is 134 cm³/mol. The van der Waals surface area contributed by atoms with Gasteiger partial charge in [0.05, 0.1) is 6.54 Å². The van der Waals surface area contributed by atoms with Crippen molar-refractivity contribution < 1.29 is 4.79 Å². The molecule has 0 radical (unpaired) electrons. The molecule has 0 saturated heterocycles. The second-order valence-corrected chi connectivity index (χ2v) is 9.00. The standard InChI is InChI=1S/C25H37N5O3/c1-5-7-14-29-23(26)22(24(32)27-25(29)33)30(19-10-8-9-11-19)21(31)16-28(6-2)20-13-12-17(3)15-18(20)4/h12-13,15,19H,5-11,14,16,26H2,1-4H3,(H,27,32,33). The maximum absolute atomic E-state index is 13.8. The van der Waals surface area contributed by atoms with Crippen LogP contribution in [0, 0.1) is 13.8 Å². The summed E-state index contributed by atoms with van der Waals surface area (Å²) in [5.41, 5.74) is 8.63. The monoisotopic (exact) mass is 455 g/mol. The van der Waals surface area contributed by atoms with E-state index in [0.717, 1.165) is 49.8 Å². The molecule has 0 bridgehead atoms. The number of nitrogens with one attached hydrogen (secondary N) is 1. The second-order valence-electron chi connectivity index (χ2n) is 9.00. The third-order valence-corrected chi connectivity index (χ3v) is 6.55. The van der Waals surface area contributed by atoms with E-state index < -0.39 is 11.2 Å². The van der Waals surface area contributed by atoms with Gasteiger partial charge in [-0.2, -0.15) is 0 Å². The third-order valence-electron chi connectivity index (χ3n) is 6.55. The highest BCUT2D eigenvalue weighted by Crippen LogP contribution is 2.30. The smallest absolute Gasteiger partial charge is 0.330 e. The number of unbranched alkanes of at least 4 members (excludes halogenated alkanes) is 1. The first-order chi connectivity index (χ1) is 15.8.